The minimum absolute atomic E-state index is 0.501. The Kier molecular flexibility index (Phi) is 5.80. The van der Waals surface area contributed by atoms with E-state index in [-0.39, 0.29) is 0 Å². The normalized spacial score (nSPS) is 22.9. The van der Waals surface area contributed by atoms with Crippen LogP contribution in [0.1, 0.15) is 44.6 Å². The van der Waals surface area contributed by atoms with Crippen LogP contribution < -0.4 is 5.32 Å². The van der Waals surface area contributed by atoms with Crippen molar-refractivity contribution in [2.45, 2.75) is 45.1 Å². The van der Waals surface area contributed by atoms with E-state index < -0.39 is 0 Å². The van der Waals surface area contributed by atoms with Crippen molar-refractivity contribution in [1.82, 2.24) is 10.3 Å². The molecular weight excluding hydrogens is 236 g/mol. The molecule has 1 N–H and O–H groups in total. The van der Waals surface area contributed by atoms with Gasteiger partial charge in [0.25, 0.3) is 0 Å². The number of aromatic nitrogens is 1. The van der Waals surface area contributed by atoms with Crippen molar-refractivity contribution < 1.29 is 4.74 Å². The maximum Gasteiger partial charge on any atom is 0.0509 e. The monoisotopic (exact) mass is 262 g/mol. The van der Waals surface area contributed by atoms with Crippen LogP contribution >= 0.6 is 0 Å². The van der Waals surface area contributed by atoms with E-state index in [1.807, 2.05) is 12.4 Å². The van der Waals surface area contributed by atoms with Crippen molar-refractivity contribution in [3.8, 4) is 0 Å². The molecule has 3 nitrogen and oxygen atoms in total. The fraction of sp³-hybridized carbons (Fsp3) is 0.688. The average molecular weight is 262 g/mol. The lowest BCUT2D eigenvalue weighted by Gasteiger charge is -2.35. The maximum absolute atomic E-state index is 5.68. The number of nitrogens with one attached hydrogen (secondary N) is 1. The minimum atomic E-state index is 0.501. The van der Waals surface area contributed by atoms with Crippen molar-refractivity contribution in [3.05, 3.63) is 30.1 Å². The number of hydrogen-bond donors (Lipinski definition) is 1. The molecule has 1 aliphatic rings. The van der Waals surface area contributed by atoms with E-state index in [4.69, 9.17) is 4.74 Å². The van der Waals surface area contributed by atoms with Gasteiger partial charge < -0.3 is 10.1 Å². The Balaban J connectivity index is 2.07. The zero-order valence-corrected chi connectivity index (χ0v) is 12.1. The largest absolute Gasteiger partial charge is 0.381 e. The first kappa shape index (κ1) is 14.5. The third-order valence-corrected chi connectivity index (χ3v) is 4.10. The number of pyridine rings is 1. The predicted octanol–water partition coefficient (Wildman–Crippen LogP) is 2.98. The van der Waals surface area contributed by atoms with Gasteiger partial charge in [-0.2, -0.15) is 0 Å². The van der Waals surface area contributed by atoms with Gasteiger partial charge in [-0.1, -0.05) is 13.8 Å². The molecular formula is C16H26N2O. The van der Waals surface area contributed by atoms with Crippen molar-refractivity contribution in [2.24, 2.45) is 5.92 Å². The minimum Gasteiger partial charge on any atom is -0.381 e. The van der Waals surface area contributed by atoms with Crippen LogP contribution in [0.3, 0.4) is 0 Å². The molecule has 0 amide bonds. The fourth-order valence-electron chi connectivity index (χ4n) is 2.99. The zero-order valence-electron chi connectivity index (χ0n) is 12.1. The second-order valence-corrected chi connectivity index (χ2v) is 5.53. The Bertz CT molecular complexity index is 349. The Morgan fingerprint density at radius 1 is 1.42 bits per heavy atom. The van der Waals surface area contributed by atoms with Gasteiger partial charge in [-0.3, -0.25) is 4.98 Å². The first-order valence-corrected chi connectivity index (χ1v) is 7.54. The highest BCUT2D eigenvalue weighted by atomic mass is 16.5. The van der Waals surface area contributed by atoms with E-state index >= 15 is 0 Å². The van der Waals surface area contributed by atoms with Gasteiger partial charge in [0.05, 0.1) is 6.61 Å². The van der Waals surface area contributed by atoms with Crippen molar-refractivity contribution >= 4 is 0 Å². The second-order valence-electron chi connectivity index (χ2n) is 5.53. The number of hydrogen-bond acceptors (Lipinski definition) is 3. The molecule has 19 heavy (non-hydrogen) atoms. The van der Waals surface area contributed by atoms with E-state index in [0.29, 0.717) is 17.9 Å². The molecule has 1 aliphatic heterocycles. The highest BCUT2D eigenvalue weighted by molar-refractivity contribution is 5.17. The molecule has 106 valence electrons. The summed E-state index contributed by atoms with van der Waals surface area (Å²) in [6, 6.07) is 4.77. The molecule has 1 fully saturated rings. The highest BCUT2D eigenvalue weighted by Crippen LogP contribution is 2.28. The topological polar surface area (TPSA) is 34.1 Å². The summed E-state index contributed by atoms with van der Waals surface area (Å²) in [5.41, 5.74) is 1.37. The Labute approximate surface area is 116 Å². The molecule has 2 heterocycles. The van der Waals surface area contributed by atoms with Gasteiger partial charge in [0.15, 0.2) is 0 Å². The lowest BCUT2D eigenvalue weighted by molar-refractivity contribution is 0.0356. The molecule has 0 saturated carbocycles. The molecule has 0 bridgehead atoms. The van der Waals surface area contributed by atoms with E-state index in [9.17, 15) is 0 Å². The summed E-state index contributed by atoms with van der Waals surface area (Å²) in [5, 5.41) is 3.74. The summed E-state index contributed by atoms with van der Waals surface area (Å²) in [6.45, 7) is 7.45. The van der Waals surface area contributed by atoms with Gasteiger partial charge in [0, 0.05) is 25.0 Å². The Morgan fingerprint density at radius 3 is 2.84 bits per heavy atom. The lowest BCUT2D eigenvalue weighted by Crippen LogP contribution is -2.44. The predicted molar refractivity (Wildman–Crippen MR) is 78.3 cm³/mol. The summed E-state index contributed by atoms with van der Waals surface area (Å²) in [4.78, 5) is 4.12. The van der Waals surface area contributed by atoms with Crippen LogP contribution in [0.15, 0.2) is 24.5 Å². The molecule has 2 rings (SSSR count). The smallest absolute Gasteiger partial charge is 0.0509 e. The third-order valence-electron chi connectivity index (χ3n) is 4.10. The van der Waals surface area contributed by atoms with Crippen LogP contribution in [0.4, 0.5) is 0 Å². The molecule has 3 unspecified atom stereocenters. The Morgan fingerprint density at radius 2 is 2.21 bits per heavy atom. The number of nitrogens with zero attached hydrogens (tertiary/aromatic N) is 1. The second kappa shape index (κ2) is 7.61. The fourth-order valence-corrected chi connectivity index (χ4v) is 2.99. The molecule has 1 aromatic heterocycles. The summed E-state index contributed by atoms with van der Waals surface area (Å²) >= 11 is 0. The van der Waals surface area contributed by atoms with Gasteiger partial charge in [0.2, 0.25) is 0 Å². The Hall–Kier alpha value is -0.930. The van der Waals surface area contributed by atoms with Crippen molar-refractivity contribution in [1.29, 1.82) is 0 Å². The summed E-state index contributed by atoms with van der Waals surface area (Å²) < 4.78 is 5.68. The molecule has 3 atom stereocenters. The van der Waals surface area contributed by atoms with Crippen molar-refractivity contribution in [2.75, 3.05) is 19.8 Å². The van der Waals surface area contributed by atoms with Gasteiger partial charge in [-0.25, -0.2) is 0 Å². The van der Waals surface area contributed by atoms with Crippen LogP contribution in [-0.4, -0.2) is 30.8 Å². The quantitative estimate of drug-likeness (QED) is 0.856. The average Bonchev–Trinajstić information content (AvgIpc) is 2.49. The summed E-state index contributed by atoms with van der Waals surface area (Å²) in [6.07, 6.45) is 7.42. The van der Waals surface area contributed by atoms with Crippen LogP contribution in [-0.2, 0) is 4.74 Å². The first-order chi connectivity index (χ1) is 9.33. The van der Waals surface area contributed by atoms with Crippen LogP contribution in [0.2, 0.25) is 0 Å². The molecule has 1 aromatic rings. The van der Waals surface area contributed by atoms with Crippen LogP contribution in [0.25, 0.3) is 0 Å². The number of rotatable bonds is 6. The summed E-state index contributed by atoms with van der Waals surface area (Å²) in [5.74, 6) is 1.13. The zero-order chi connectivity index (χ0) is 13.5. The van der Waals surface area contributed by atoms with Gasteiger partial charge >= 0.3 is 0 Å². The molecule has 1 saturated heterocycles. The highest BCUT2D eigenvalue weighted by Gasteiger charge is 2.28. The maximum atomic E-state index is 5.68. The van der Waals surface area contributed by atoms with Gasteiger partial charge in [0.1, 0.15) is 0 Å². The van der Waals surface area contributed by atoms with Crippen molar-refractivity contribution in [3.63, 3.8) is 0 Å². The lowest BCUT2D eigenvalue weighted by atomic mass is 9.82. The standard InChI is InChI=1S/C16H26N2O/c1-3-8-18-16(15-5-4-11-19-12-15)13(2)14-6-9-17-10-7-14/h6-7,9-10,13,15-16,18H,3-5,8,11-12H2,1-2H3. The van der Waals surface area contributed by atoms with E-state index in [1.165, 1.54) is 24.8 Å². The number of ether oxygens (including phenoxy) is 1. The van der Waals surface area contributed by atoms with Gasteiger partial charge in [-0.15, -0.1) is 0 Å². The third kappa shape index (κ3) is 4.02. The van der Waals surface area contributed by atoms with Crippen LogP contribution in [0, 0.1) is 5.92 Å². The SMILES string of the molecule is CCCNC(C1CCCOC1)C(C)c1ccncc1. The molecule has 0 aromatic carbocycles. The molecule has 0 spiro atoms. The van der Waals surface area contributed by atoms with E-state index in [1.54, 1.807) is 0 Å². The molecule has 0 aliphatic carbocycles. The first-order valence-electron chi connectivity index (χ1n) is 7.54. The molecule has 0 radical (unpaired) electrons. The summed E-state index contributed by atoms with van der Waals surface area (Å²) in [7, 11) is 0. The van der Waals surface area contributed by atoms with E-state index in [2.05, 4.69) is 36.3 Å². The van der Waals surface area contributed by atoms with Crippen LogP contribution in [0.5, 0.6) is 0 Å². The van der Waals surface area contributed by atoms with E-state index in [0.717, 1.165) is 19.8 Å². The molecule has 3 heteroatoms. The van der Waals surface area contributed by atoms with Gasteiger partial charge in [-0.05, 0) is 55.3 Å².